The molecule has 1 aliphatic rings. The van der Waals surface area contributed by atoms with Gasteiger partial charge in [0, 0.05) is 11.6 Å². The summed E-state index contributed by atoms with van der Waals surface area (Å²) in [5, 5.41) is 0. The molecule has 0 bridgehead atoms. The van der Waals surface area contributed by atoms with Crippen molar-refractivity contribution in [1.82, 2.24) is 19.5 Å². The van der Waals surface area contributed by atoms with Crippen molar-refractivity contribution < 1.29 is 28.5 Å². The minimum atomic E-state index is -0.833. The molecule has 1 aliphatic heterocycles. The van der Waals surface area contributed by atoms with E-state index in [0.717, 1.165) is 0 Å². The van der Waals surface area contributed by atoms with E-state index < -0.39 is 11.6 Å². The van der Waals surface area contributed by atoms with Gasteiger partial charge in [-0.15, -0.1) is 0 Å². The van der Waals surface area contributed by atoms with Crippen molar-refractivity contribution in [2.24, 2.45) is 5.73 Å². The number of rotatable bonds is 6. The van der Waals surface area contributed by atoms with Crippen LogP contribution in [0, 0.1) is 0 Å². The van der Waals surface area contributed by atoms with E-state index in [-0.39, 0.29) is 29.5 Å². The van der Waals surface area contributed by atoms with Gasteiger partial charge in [-0.2, -0.15) is 0 Å². The number of nitrogens with zero attached hydrogens (tertiary/aromatic N) is 3. The number of imidazole rings is 1. The number of aromatic nitrogens is 4. The summed E-state index contributed by atoms with van der Waals surface area (Å²) in [5.74, 6) is 1.43. The summed E-state index contributed by atoms with van der Waals surface area (Å²) in [7, 11) is 4.44. The third-order valence-electron chi connectivity index (χ3n) is 5.31. The largest absolute Gasteiger partial charge is 0.493 e. The maximum Gasteiger partial charge on any atom is 0.332 e. The molecule has 1 amide bonds. The summed E-state index contributed by atoms with van der Waals surface area (Å²) in [6.45, 7) is 0.0842. The van der Waals surface area contributed by atoms with Gasteiger partial charge in [-0.3, -0.25) is 4.79 Å². The number of amides is 1. The molecule has 34 heavy (non-hydrogen) atoms. The van der Waals surface area contributed by atoms with Crippen LogP contribution in [-0.4, -0.2) is 53.5 Å². The minimum absolute atomic E-state index is 0.0842. The topological polar surface area (TPSA) is 153 Å². The summed E-state index contributed by atoms with van der Waals surface area (Å²) in [4.78, 5) is 36.7. The lowest BCUT2D eigenvalue weighted by Crippen LogP contribution is -2.15. The highest BCUT2D eigenvalue weighted by atomic mass is 16.7. The molecule has 0 atom stereocenters. The summed E-state index contributed by atoms with van der Waals surface area (Å²) in [6.07, 6.45) is 0. The number of nitrogens with one attached hydrogen (secondary N) is 1. The molecule has 3 heterocycles. The molecule has 4 aromatic rings. The summed E-state index contributed by atoms with van der Waals surface area (Å²) < 4.78 is 28.2. The molecule has 0 spiro atoms. The Morgan fingerprint density at radius 3 is 2.38 bits per heavy atom. The van der Waals surface area contributed by atoms with Crippen molar-refractivity contribution in [2.75, 3.05) is 28.1 Å². The number of H-pyrrole nitrogens is 1. The lowest BCUT2D eigenvalue weighted by atomic mass is 10.1. The van der Waals surface area contributed by atoms with Crippen molar-refractivity contribution in [3.63, 3.8) is 0 Å². The quantitative estimate of drug-likeness (QED) is 0.432. The number of carbonyl (C=O) groups excluding carboxylic acids is 1. The Hall–Kier alpha value is -4.74. The molecular weight excluding hydrogens is 446 g/mol. The van der Waals surface area contributed by atoms with Crippen molar-refractivity contribution >= 4 is 17.1 Å². The van der Waals surface area contributed by atoms with Crippen LogP contribution < -0.4 is 35.1 Å². The maximum absolute atomic E-state index is 12.9. The van der Waals surface area contributed by atoms with Gasteiger partial charge in [0.15, 0.2) is 40.2 Å². The first-order valence-electron chi connectivity index (χ1n) is 9.98. The first-order chi connectivity index (χ1) is 16.4. The summed E-state index contributed by atoms with van der Waals surface area (Å²) >= 11 is 0. The molecule has 0 saturated carbocycles. The van der Waals surface area contributed by atoms with Crippen molar-refractivity contribution in [1.29, 1.82) is 0 Å². The van der Waals surface area contributed by atoms with E-state index in [4.69, 9.17) is 29.4 Å². The number of hydrogen-bond acceptors (Lipinski definition) is 9. The van der Waals surface area contributed by atoms with Gasteiger partial charge in [0.05, 0.1) is 27.0 Å². The molecule has 2 aromatic carbocycles. The van der Waals surface area contributed by atoms with Crippen LogP contribution in [0.15, 0.2) is 35.1 Å². The van der Waals surface area contributed by atoms with Crippen LogP contribution in [0.3, 0.4) is 0 Å². The van der Waals surface area contributed by atoms with Crippen molar-refractivity contribution in [2.45, 2.75) is 0 Å². The molecular formula is C22H19N5O7. The Kier molecular flexibility index (Phi) is 4.97. The van der Waals surface area contributed by atoms with Gasteiger partial charge in [-0.25, -0.2) is 19.3 Å². The molecule has 5 rings (SSSR count). The van der Waals surface area contributed by atoms with Gasteiger partial charge in [0.2, 0.25) is 12.5 Å². The lowest BCUT2D eigenvalue weighted by molar-refractivity contribution is 0.0997. The molecule has 12 nitrogen and oxygen atoms in total. The highest BCUT2D eigenvalue weighted by Gasteiger charge is 2.23. The number of ether oxygens (including phenoxy) is 5. The van der Waals surface area contributed by atoms with E-state index in [1.807, 2.05) is 0 Å². The van der Waals surface area contributed by atoms with E-state index in [1.165, 1.54) is 25.9 Å². The molecule has 0 saturated heterocycles. The monoisotopic (exact) mass is 465 g/mol. The van der Waals surface area contributed by atoms with Crippen LogP contribution in [0.4, 0.5) is 0 Å². The molecule has 174 valence electrons. The number of fused-ring (bicyclic) bond motifs is 2. The van der Waals surface area contributed by atoms with E-state index >= 15 is 0 Å². The molecule has 2 aromatic heterocycles. The third-order valence-corrected chi connectivity index (χ3v) is 5.31. The highest BCUT2D eigenvalue weighted by molar-refractivity contribution is 6.02. The zero-order chi connectivity index (χ0) is 24.0. The van der Waals surface area contributed by atoms with Crippen molar-refractivity contribution in [3.05, 3.63) is 46.5 Å². The number of nitrogens with two attached hydrogens (primary N) is 1. The smallest absolute Gasteiger partial charge is 0.332 e. The Morgan fingerprint density at radius 1 is 1.03 bits per heavy atom. The van der Waals surface area contributed by atoms with Gasteiger partial charge >= 0.3 is 5.69 Å². The van der Waals surface area contributed by atoms with Gasteiger partial charge in [0.1, 0.15) is 5.52 Å². The summed E-state index contributed by atoms with van der Waals surface area (Å²) in [6, 6.07) is 8.25. The number of methoxy groups -OCH3 is 3. The zero-order valence-electron chi connectivity index (χ0n) is 18.4. The average molecular weight is 465 g/mol. The molecule has 0 radical (unpaired) electrons. The molecule has 0 fully saturated rings. The lowest BCUT2D eigenvalue weighted by Gasteiger charge is -2.14. The van der Waals surface area contributed by atoms with Gasteiger partial charge in [0.25, 0.3) is 5.91 Å². The Bertz CT molecular complexity index is 1480. The van der Waals surface area contributed by atoms with E-state index in [0.29, 0.717) is 40.0 Å². The van der Waals surface area contributed by atoms with Gasteiger partial charge in [-0.05, 0) is 24.3 Å². The van der Waals surface area contributed by atoms with E-state index in [1.54, 1.807) is 30.3 Å². The van der Waals surface area contributed by atoms with E-state index in [9.17, 15) is 9.59 Å². The van der Waals surface area contributed by atoms with Gasteiger partial charge in [-0.1, -0.05) is 0 Å². The second kappa shape index (κ2) is 7.99. The molecule has 0 aliphatic carbocycles. The van der Waals surface area contributed by atoms with Crippen LogP contribution in [0.25, 0.3) is 28.2 Å². The fourth-order valence-electron chi connectivity index (χ4n) is 3.77. The Balaban J connectivity index is 1.78. The predicted octanol–water partition coefficient (Wildman–Crippen LogP) is 1.63. The van der Waals surface area contributed by atoms with Crippen LogP contribution in [0.5, 0.6) is 28.7 Å². The first kappa shape index (κ1) is 21.1. The average Bonchev–Trinajstić information content (AvgIpc) is 3.44. The predicted molar refractivity (Wildman–Crippen MR) is 119 cm³/mol. The summed E-state index contributed by atoms with van der Waals surface area (Å²) in [5.41, 5.74) is 6.06. The Morgan fingerprint density at radius 2 is 1.74 bits per heavy atom. The number of benzene rings is 2. The van der Waals surface area contributed by atoms with Crippen LogP contribution in [-0.2, 0) is 0 Å². The minimum Gasteiger partial charge on any atom is -0.493 e. The zero-order valence-corrected chi connectivity index (χ0v) is 18.4. The number of hydrogen-bond donors (Lipinski definition) is 2. The maximum atomic E-state index is 12.9. The van der Waals surface area contributed by atoms with Crippen LogP contribution in [0.2, 0.25) is 0 Å². The third kappa shape index (κ3) is 3.23. The van der Waals surface area contributed by atoms with Crippen molar-refractivity contribution in [3.8, 4) is 45.8 Å². The van der Waals surface area contributed by atoms with Crippen LogP contribution >= 0.6 is 0 Å². The fourth-order valence-corrected chi connectivity index (χ4v) is 3.77. The van der Waals surface area contributed by atoms with E-state index in [2.05, 4.69) is 15.0 Å². The standard InChI is InChI=1S/C22H19N5O7/c1-30-14-6-10(7-15(31-2)18(14)32-3)20-24-16(19(23)28)17-21(26-20)27(22(29)25-17)11-4-5-12-13(8-11)34-9-33-12/h4-8H,9H2,1-3H3,(H2,23,28)(H,25,29). The second-order valence-electron chi connectivity index (χ2n) is 7.18. The molecule has 12 heteroatoms. The number of primary amides is 1. The SMILES string of the molecule is COc1cc(-c2nc(C(N)=O)c3[nH]c(=O)n(-c4ccc5c(c4)OCO5)c3n2)cc(OC)c1OC. The highest BCUT2D eigenvalue weighted by Crippen LogP contribution is 2.41. The number of aromatic amines is 1. The number of carbonyl (C=O) groups is 1. The first-order valence-corrected chi connectivity index (χ1v) is 9.98. The fraction of sp³-hybridized carbons (Fsp3) is 0.182. The van der Waals surface area contributed by atoms with Crippen LogP contribution in [0.1, 0.15) is 10.5 Å². The second-order valence-corrected chi connectivity index (χ2v) is 7.18. The molecule has 3 N–H and O–H groups in total. The Labute approximate surface area is 191 Å². The molecule has 0 unspecified atom stereocenters. The normalized spacial score (nSPS) is 12.1. The van der Waals surface area contributed by atoms with Gasteiger partial charge < -0.3 is 34.4 Å².